The van der Waals surface area contributed by atoms with E-state index in [-0.39, 0.29) is 17.0 Å². The van der Waals surface area contributed by atoms with Crippen LogP contribution in [0.1, 0.15) is 49.0 Å². The van der Waals surface area contributed by atoms with Gasteiger partial charge in [-0.25, -0.2) is 4.39 Å². The fraction of sp³-hybridized carbons (Fsp3) is 0.375. The standard InChI is InChI=1S/C24H24F4N2O2/c1-12(2)16-11-23(32,24(26,27)28)22(15-9-10-17(25)21(31)20(15)16)30-19-6-4-5-18-14(19)8-7-13(3)29-18/h4-10,12,16,22,30-32H,11H2,1-3H3/t16?,22-,23+/m0/s1. The van der Waals surface area contributed by atoms with Gasteiger partial charge in [0.1, 0.15) is 0 Å². The Morgan fingerprint density at radius 1 is 1.12 bits per heavy atom. The zero-order valence-electron chi connectivity index (χ0n) is 17.8. The third-order valence-electron chi connectivity index (χ3n) is 6.36. The van der Waals surface area contributed by atoms with Crippen LogP contribution in [0.3, 0.4) is 0 Å². The molecule has 0 spiro atoms. The number of hydrogen-bond donors (Lipinski definition) is 3. The lowest BCUT2D eigenvalue weighted by atomic mass is 9.66. The van der Waals surface area contributed by atoms with Crippen LogP contribution in [0.4, 0.5) is 23.2 Å². The van der Waals surface area contributed by atoms with Crippen molar-refractivity contribution in [3.05, 3.63) is 65.1 Å². The van der Waals surface area contributed by atoms with Crippen LogP contribution < -0.4 is 5.32 Å². The van der Waals surface area contributed by atoms with E-state index in [1.807, 2.05) is 6.92 Å². The normalized spacial score (nSPS) is 23.4. The molecular formula is C24H24F4N2O2. The Balaban J connectivity index is 1.94. The van der Waals surface area contributed by atoms with Crippen LogP contribution >= 0.6 is 0 Å². The molecule has 4 nitrogen and oxygen atoms in total. The molecule has 3 N–H and O–H groups in total. The van der Waals surface area contributed by atoms with E-state index in [1.54, 1.807) is 44.2 Å². The summed E-state index contributed by atoms with van der Waals surface area (Å²) in [5.74, 6) is -2.84. The summed E-state index contributed by atoms with van der Waals surface area (Å²) in [4.78, 5) is 4.41. The summed E-state index contributed by atoms with van der Waals surface area (Å²) < 4.78 is 57.2. The van der Waals surface area contributed by atoms with Crippen molar-refractivity contribution >= 4 is 16.6 Å². The lowest BCUT2D eigenvalue weighted by molar-refractivity contribution is -0.273. The van der Waals surface area contributed by atoms with Crippen LogP contribution in [0.5, 0.6) is 5.75 Å². The van der Waals surface area contributed by atoms with E-state index in [4.69, 9.17) is 0 Å². The van der Waals surface area contributed by atoms with E-state index in [2.05, 4.69) is 10.3 Å². The number of hydrogen-bond acceptors (Lipinski definition) is 4. The highest BCUT2D eigenvalue weighted by Crippen LogP contribution is 2.56. The number of phenolic OH excluding ortho intramolecular Hbond substituents is 1. The van der Waals surface area contributed by atoms with Crippen molar-refractivity contribution in [2.24, 2.45) is 5.92 Å². The van der Waals surface area contributed by atoms with E-state index in [1.165, 1.54) is 6.07 Å². The Bertz CT molecular complexity index is 1180. The minimum atomic E-state index is -4.97. The smallest absolute Gasteiger partial charge is 0.419 e. The van der Waals surface area contributed by atoms with Gasteiger partial charge >= 0.3 is 6.18 Å². The zero-order valence-corrected chi connectivity index (χ0v) is 17.8. The number of aromatic hydroxyl groups is 1. The Morgan fingerprint density at radius 3 is 2.50 bits per heavy atom. The molecule has 170 valence electrons. The van der Waals surface area contributed by atoms with Crippen LogP contribution in [0.25, 0.3) is 10.9 Å². The molecule has 1 heterocycles. The molecule has 4 rings (SSSR count). The zero-order chi connectivity index (χ0) is 23.4. The first-order valence-corrected chi connectivity index (χ1v) is 10.4. The molecular weight excluding hydrogens is 424 g/mol. The van der Waals surface area contributed by atoms with E-state index < -0.39 is 41.7 Å². The minimum absolute atomic E-state index is 0.0192. The molecule has 0 saturated carbocycles. The fourth-order valence-corrected chi connectivity index (χ4v) is 4.63. The molecule has 0 bridgehead atoms. The second-order valence-corrected chi connectivity index (χ2v) is 8.78. The maximum atomic E-state index is 14.3. The number of phenols is 1. The molecule has 3 atom stereocenters. The molecule has 1 unspecified atom stereocenters. The first kappa shape index (κ1) is 22.3. The van der Waals surface area contributed by atoms with E-state index in [0.717, 1.165) is 11.8 Å². The van der Waals surface area contributed by atoms with Crippen molar-refractivity contribution < 1.29 is 27.8 Å². The number of rotatable bonds is 3. The average Bonchev–Trinajstić information content (AvgIpc) is 2.71. The highest BCUT2D eigenvalue weighted by molar-refractivity contribution is 5.91. The maximum absolute atomic E-state index is 14.3. The van der Waals surface area contributed by atoms with Gasteiger partial charge in [-0.2, -0.15) is 13.2 Å². The van der Waals surface area contributed by atoms with Crippen molar-refractivity contribution in [3.63, 3.8) is 0 Å². The topological polar surface area (TPSA) is 65.4 Å². The Labute approximate surface area is 182 Å². The lowest BCUT2D eigenvalue weighted by Crippen LogP contribution is -2.56. The van der Waals surface area contributed by atoms with E-state index >= 15 is 0 Å². The number of halogens is 4. The van der Waals surface area contributed by atoms with Crippen LogP contribution in [0.15, 0.2) is 42.5 Å². The summed E-state index contributed by atoms with van der Waals surface area (Å²) in [6, 6.07) is 8.97. The largest absolute Gasteiger partial charge is 0.505 e. The molecule has 0 saturated heterocycles. The van der Waals surface area contributed by atoms with Gasteiger partial charge < -0.3 is 15.5 Å². The quantitative estimate of drug-likeness (QED) is 0.432. The number of nitrogens with zero attached hydrogens (tertiary/aromatic N) is 1. The van der Waals surface area contributed by atoms with Gasteiger partial charge in [-0.15, -0.1) is 0 Å². The number of nitrogens with one attached hydrogen (secondary N) is 1. The van der Waals surface area contributed by atoms with Gasteiger partial charge in [0.25, 0.3) is 0 Å². The fourth-order valence-electron chi connectivity index (χ4n) is 4.63. The Morgan fingerprint density at radius 2 is 1.84 bits per heavy atom. The maximum Gasteiger partial charge on any atom is 0.419 e. The molecule has 3 aromatic rings. The number of alkyl halides is 3. The molecule has 1 aliphatic carbocycles. The Kier molecular flexibility index (Phi) is 5.32. The molecule has 0 radical (unpaired) electrons. The predicted octanol–water partition coefficient (Wildman–Crippen LogP) is 5.98. The van der Waals surface area contributed by atoms with Crippen molar-refractivity contribution in [2.75, 3.05) is 5.32 Å². The summed E-state index contributed by atoms with van der Waals surface area (Å²) in [5, 5.41) is 25.0. The van der Waals surface area contributed by atoms with Gasteiger partial charge in [-0.3, -0.25) is 4.98 Å². The molecule has 2 aromatic carbocycles. The third-order valence-corrected chi connectivity index (χ3v) is 6.36. The van der Waals surface area contributed by atoms with Crippen LogP contribution in [-0.4, -0.2) is 27.0 Å². The van der Waals surface area contributed by atoms with Gasteiger partial charge in [0.05, 0.1) is 11.6 Å². The SMILES string of the molecule is Cc1ccc2c(N[C@H]3c4ccc(F)c(O)c4C(C(C)C)C[C@]3(O)C(F)(F)F)cccc2n1. The second-order valence-electron chi connectivity index (χ2n) is 8.78. The highest BCUT2D eigenvalue weighted by Gasteiger charge is 2.63. The van der Waals surface area contributed by atoms with Gasteiger partial charge in [0, 0.05) is 22.3 Å². The number of aliphatic hydroxyl groups is 1. The van der Waals surface area contributed by atoms with Gasteiger partial charge in [-0.05, 0) is 61.1 Å². The van der Waals surface area contributed by atoms with Crippen molar-refractivity contribution in [2.45, 2.75) is 50.9 Å². The first-order valence-electron chi connectivity index (χ1n) is 10.4. The minimum Gasteiger partial charge on any atom is -0.505 e. The lowest BCUT2D eigenvalue weighted by Gasteiger charge is -2.47. The molecule has 0 fully saturated rings. The number of benzene rings is 2. The number of aryl methyl sites for hydroxylation is 1. The van der Waals surface area contributed by atoms with Gasteiger partial charge in [-0.1, -0.05) is 26.0 Å². The molecule has 32 heavy (non-hydrogen) atoms. The summed E-state index contributed by atoms with van der Waals surface area (Å²) in [5.41, 5.74) is -1.33. The predicted molar refractivity (Wildman–Crippen MR) is 114 cm³/mol. The van der Waals surface area contributed by atoms with Crippen molar-refractivity contribution in [1.82, 2.24) is 4.98 Å². The van der Waals surface area contributed by atoms with Gasteiger partial charge in [0.2, 0.25) is 0 Å². The van der Waals surface area contributed by atoms with Crippen LogP contribution in [0, 0.1) is 18.7 Å². The molecule has 0 amide bonds. The number of aromatic nitrogens is 1. The summed E-state index contributed by atoms with van der Waals surface area (Å²) in [6.07, 6.45) is -5.68. The van der Waals surface area contributed by atoms with E-state index in [9.17, 15) is 27.8 Å². The molecule has 8 heteroatoms. The summed E-state index contributed by atoms with van der Waals surface area (Å²) in [6.45, 7) is 5.17. The van der Waals surface area contributed by atoms with E-state index in [0.29, 0.717) is 16.6 Å². The molecule has 0 aliphatic heterocycles. The van der Waals surface area contributed by atoms with Crippen LogP contribution in [0.2, 0.25) is 0 Å². The third kappa shape index (κ3) is 3.46. The molecule has 1 aromatic heterocycles. The Hall–Kier alpha value is -2.87. The summed E-state index contributed by atoms with van der Waals surface area (Å²) >= 11 is 0. The monoisotopic (exact) mass is 448 g/mol. The number of anilines is 1. The van der Waals surface area contributed by atoms with Crippen molar-refractivity contribution in [3.8, 4) is 5.75 Å². The van der Waals surface area contributed by atoms with Crippen LogP contribution in [-0.2, 0) is 0 Å². The number of fused-ring (bicyclic) bond motifs is 2. The second kappa shape index (κ2) is 7.62. The first-order chi connectivity index (χ1) is 14.9. The highest BCUT2D eigenvalue weighted by atomic mass is 19.4. The average molecular weight is 448 g/mol. The van der Waals surface area contributed by atoms with Crippen molar-refractivity contribution in [1.29, 1.82) is 0 Å². The number of pyridine rings is 1. The van der Waals surface area contributed by atoms with Gasteiger partial charge in [0.15, 0.2) is 17.2 Å². The molecule has 1 aliphatic rings. The summed E-state index contributed by atoms with van der Waals surface area (Å²) in [7, 11) is 0.